The summed E-state index contributed by atoms with van der Waals surface area (Å²) in [5.41, 5.74) is 0. The molecule has 5 saturated heterocycles. The Labute approximate surface area is 402 Å². The zero-order chi connectivity index (χ0) is 53.0. The highest BCUT2D eigenvalue weighted by Crippen LogP contribution is 2.39. The van der Waals surface area contributed by atoms with E-state index in [9.17, 15) is 101 Å². The molecule has 5 rings (SSSR count). The molecule has 5 aliphatic rings. The smallest absolute Gasteiger partial charge is 0.364 e. The summed E-state index contributed by atoms with van der Waals surface area (Å²) in [6.45, 7) is -1.90. The van der Waals surface area contributed by atoms with Crippen LogP contribution in [0.4, 0.5) is 0 Å². The summed E-state index contributed by atoms with van der Waals surface area (Å²) < 4.78 is 50.9. The van der Waals surface area contributed by atoms with Crippen molar-refractivity contribution in [1.82, 2.24) is 16.0 Å². The van der Waals surface area contributed by atoms with Crippen molar-refractivity contribution in [1.29, 1.82) is 0 Å². The summed E-state index contributed by atoms with van der Waals surface area (Å²) in [6.07, 6.45) is -44.1. The Bertz CT molecular complexity index is 1770. The summed E-state index contributed by atoms with van der Waals surface area (Å²) in [7, 11) is 0. The topological polar surface area (TPSA) is 511 Å². The number of hydrogen-bond acceptors (Lipinski definition) is 28. The van der Waals surface area contributed by atoms with Gasteiger partial charge in [-0.1, -0.05) is 0 Å². The van der Waals surface area contributed by atoms with E-state index in [1.54, 1.807) is 0 Å². The number of hydrogen-bond donors (Lipinski definition) is 19. The summed E-state index contributed by atoms with van der Waals surface area (Å²) in [6, 6.07) is -4.96. The minimum absolute atomic E-state index is 0.764. The Morgan fingerprint density at radius 1 is 0.577 bits per heavy atom. The first-order chi connectivity index (χ1) is 33.3. The molecule has 0 aliphatic carbocycles. The molecule has 0 bridgehead atoms. The summed E-state index contributed by atoms with van der Waals surface area (Å²) in [4.78, 5) is 49.5. The van der Waals surface area contributed by atoms with E-state index in [-0.39, 0.29) is 0 Å². The fourth-order valence-electron chi connectivity index (χ4n) is 8.84. The Balaban J connectivity index is 1.36. The van der Waals surface area contributed by atoms with Gasteiger partial charge in [-0.3, -0.25) is 14.4 Å². The maximum atomic E-state index is 12.9. The van der Waals surface area contributed by atoms with Crippen molar-refractivity contribution in [2.75, 3.05) is 33.0 Å². The average molecular weight is 1040 g/mol. The van der Waals surface area contributed by atoms with Crippen LogP contribution in [-0.2, 0) is 61.8 Å². The van der Waals surface area contributed by atoms with Gasteiger partial charge < -0.3 is 140 Å². The third-order valence-corrected chi connectivity index (χ3v) is 12.5. The quantitative estimate of drug-likeness (QED) is 0.0571. The van der Waals surface area contributed by atoms with Gasteiger partial charge in [0.1, 0.15) is 116 Å². The number of carbonyl (C=O) groups excluding carboxylic acids is 3. The van der Waals surface area contributed by atoms with Crippen LogP contribution in [0.25, 0.3) is 0 Å². The van der Waals surface area contributed by atoms with Crippen LogP contribution in [0.1, 0.15) is 27.2 Å². The van der Waals surface area contributed by atoms with E-state index in [2.05, 4.69) is 16.0 Å². The monoisotopic (exact) mass is 1040 g/mol. The molecular formula is C39H65N3O29. The van der Waals surface area contributed by atoms with Gasteiger partial charge >= 0.3 is 5.97 Å². The zero-order valence-electron chi connectivity index (χ0n) is 38.1. The molecule has 71 heavy (non-hydrogen) atoms. The molecule has 0 aromatic rings. The van der Waals surface area contributed by atoms with E-state index in [4.69, 9.17) is 42.6 Å². The molecule has 0 aromatic carbocycles. The number of aliphatic carboxylic acids is 1. The molecule has 5 aliphatic heterocycles. The lowest BCUT2D eigenvalue weighted by Crippen LogP contribution is -2.71. The van der Waals surface area contributed by atoms with E-state index in [1.807, 2.05) is 0 Å². The van der Waals surface area contributed by atoms with Gasteiger partial charge in [-0.25, -0.2) is 4.79 Å². The van der Waals surface area contributed by atoms with Crippen molar-refractivity contribution >= 4 is 23.7 Å². The van der Waals surface area contributed by atoms with Gasteiger partial charge in [-0.2, -0.15) is 0 Å². The van der Waals surface area contributed by atoms with Gasteiger partial charge in [-0.05, 0) is 0 Å². The van der Waals surface area contributed by atoms with Crippen LogP contribution in [0.5, 0.6) is 0 Å². The zero-order valence-corrected chi connectivity index (χ0v) is 38.1. The number of rotatable bonds is 19. The van der Waals surface area contributed by atoms with Crippen molar-refractivity contribution < 1.29 is 144 Å². The van der Waals surface area contributed by atoms with E-state index in [0.717, 1.165) is 20.8 Å². The highest BCUT2D eigenvalue weighted by molar-refractivity contribution is 5.77. The van der Waals surface area contributed by atoms with E-state index in [0.29, 0.717) is 0 Å². The molecule has 19 N–H and O–H groups in total. The van der Waals surface area contributed by atoms with Crippen LogP contribution < -0.4 is 16.0 Å². The number of amides is 3. The minimum atomic E-state index is -3.16. The van der Waals surface area contributed by atoms with E-state index < -0.39 is 222 Å². The van der Waals surface area contributed by atoms with Crippen molar-refractivity contribution in [2.24, 2.45) is 0 Å². The molecule has 0 aromatic heterocycles. The van der Waals surface area contributed by atoms with Gasteiger partial charge in [-0.15, -0.1) is 0 Å². The molecule has 32 heteroatoms. The van der Waals surface area contributed by atoms with Crippen molar-refractivity contribution in [3.8, 4) is 0 Å². The van der Waals surface area contributed by atoms with Crippen LogP contribution in [0, 0.1) is 0 Å². The second-order valence-corrected chi connectivity index (χ2v) is 17.6. The number of ether oxygens (including phenoxy) is 9. The van der Waals surface area contributed by atoms with Crippen molar-refractivity contribution in [3.63, 3.8) is 0 Å². The number of aliphatic hydroxyl groups excluding tert-OH is 15. The lowest BCUT2D eigenvalue weighted by molar-refractivity contribution is -0.383. The predicted octanol–water partition coefficient (Wildman–Crippen LogP) is -12.3. The Hall–Kier alpha value is -3.08. The van der Waals surface area contributed by atoms with Crippen molar-refractivity contribution in [3.05, 3.63) is 0 Å². The fourth-order valence-corrected chi connectivity index (χ4v) is 8.84. The van der Waals surface area contributed by atoms with Crippen LogP contribution in [-0.4, -0.2) is 297 Å². The van der Waals surface area contributed by atoms with E-state index >= 15 is 0 Å². The average Bonchev–Trinajstić information content (AvgIpc) is 3.31. The first-order valence-corrected chi connectivity index (χ1v) is 22.2. The highest BCUT2D eigenvalue weighted by Gasteiger charge is 2.61. The van der Waals surface area contributed by atoms with Gasteiger partial charge in [0.2, 0.25) is 17.7 Å². The third-order valence-electron chi connectivity index (χ3n) is 12.5. The highest BCUT2D eigenvalue weighted by atomic mass is 16.8. The molecule has 410 valence electrons. The third kappa shape index (κ3) is 13.1. The fraction of sp³-hybridized carbons (Fsp3) is 0.897. The maximum absolute atomic E-state index is 12.9. The second-order valence-electron chi connectivity index (χ2n) is 17.6. The molecular weight excluding hydrogens is 974 g/mol. The SMILES string of the molecule is CC(=O)N[C@@H]1[C@@H](O[C@H]2O[C@H](CO)[C@H](O)[C@H](O)[C@H]2O)[C@@H](O)[C@@H](CO[C@H]2O[C@H](CO)[C@@H](O[C@H]3O[C@H](CO)[C@H](O)[C@H](O[C@]4(C(=O)O)C[C@H](O)[C@@H](NC(C)=O)[C@H]([C@H](O)[C@H](O)CO)O4)[C@H]3O)[C@H](O)[C@H]2NC(C)=O)O[C@@H]1O. The van der Waals surface area contributed by atoms with Gasteiger partial charge in [0.25, 0.3) is 5.79 Å². The van der Waals surface area contributed by atoms with Gasteiger partial charge in [0.05, 0.1) is 45.2 Å². The number of carbonyl (C=O) groups is 4. The van der Waals surface area contributed by atoms with Crippen LogP contribution in [0.15, 0.2) is 0 Å². The minimum Gasteiger partial charge on any atom is -0.477 e. The van der Waals surface area contributed by atoms with Crippen LogP contribution in [0.3, 0.4) is 0 Å². The number of carboxylic acids is 1. The molecule has 5 heterocycles. The first-order valence-electron chi connectivity index (χ1n) is 22.2. The Morgan fingerprint density at radius 3 is 1.63 bits per heavy atom. The Morgan fingerprint density at radius 2 is 1.08 bits per heavy atom. The molecule has 0 spiro atoms. The standard InChI is InChI=1S/C39H65N3O29/c1-10(47)40-19-13(50)4-39(38(61)62,70-32(19)22(52)14(51)5-43)71-33-24(54)16(7-45)66-37(29(33)59)68-30-17(8-46)67-35(20(26(30)56)41-11(2)48)63-9-18-25(55)31(21(34(60)64-18)42-12(3)49)69-36-28(58)27(57)23(53)15(6-44)65-36/h13-37,43-46,50-60H,4-9H2,1-3H3,(H,40,47)(H,41,48)(H,42,49)(H,61,62)/t13-,14+,15+,16+,17+,18+,19+,20+,21+,22+,23-,24-,25-,26+,27-,28+,29+,30+,31+,32+,33-,34-,35-,36+,37+,39-/m0/s1. The van der Waals surface area contributed by atoms with Crippen LogP contribution in [0.2, 0.25) is 0 Å². The Kier molecular flexibility index (Phi) is 20.7. The molecule has 3 amide bonds. The molecule has 0 radical (unpaired) electrons. The molecule has 26 atom stereocenters. The normalized spacial score (nSPS) is 45.0. The number of aliphatic hydroxyl groups is 15. The lowest BCUT2D eigenvalue weighted by atomic mass is 9.88. The number of nitrogens with one attached hydrogen (secondary N) is 3. The van der Waals surface area contributed by atoms with Crippen molar-refractivity contribution in [2.45, 2.75) is 186 Å². The lowest BCUT2D eigenvalue weighted by Gasteiger charge is -2.51. The molecule has 0 unspecified atom stereocenters. The van der Waals surface area contributed by atoms with Gasteiger partial charge in [0.15, 0.2) is 25.2 Å². The first kappa shape index (κ1) is 58.8. The van der Waals surface area contributed by atoms with E-state index in [1.165, 1.54) is 0 Å². The summed E-state index contributed by atoms with van der Waals surface area (Å²) >= 11 is 0. The van der Waals surface area contributed by atoms with Crippen LogP contribution >= 0.6 is 0 Å². The molecule has 5 fully saturated rings. The maximum Gasteiger partial charge on any atom is 0.364 e. The molecule has 0 saturated carbocycles. The summed E-state index contributed by atoms with van der Waals surface area (Å²) in [5.74, 6) is -7.62. The largest absolute Gasteiger partial charge is 0.477 e. The summed E-state index contributed by atoms with van der Waals surface area (Å²) in [5, 5.41) is 177. The number of carboxylic acid groups (broad SMARTS) is 1. The second kappa shape index (κ2) is 25.0. The predicted molar refractivity (Wildman–Crippen MR) is 219 cm³/mol. The van der Waals surface area contributed by atoms with Gasteiger partial charge in [0, 0.05) is 27.2 Å². The molecule has 32 nitrogen and oxygen atoms in total.